The van der Waals surface area contributed by atoms with E-state index in [0.717, 1.165) is 35.3 Å². The fourth-order valence-corrected chi connectivity index (χ4v) is 4.29. The molecule has 0 aliphatic heterocycles. The molecule has 5 nitrogen and oxygen atoms in total. The molecule has 150 valence electrons. The summed E-state index contributed by atoms with van der Waals surface area (Å²) in [6, 6.07) is 12.1. The van der Waals surface area contributed by atoms with Crippen molar-refractivity contribution >= 4 is 17.5 Å². The number of hydrogen-bond donors (Lipinski definition) is 0. The van der Waals surface area contributed by atoms with Gasteiger partial charge in [-0.1, -0.05) is 36.0 Å². The zero-order valence-corrected chi connectivity index (χ0v) is 17.7. The first-order valence-corrected chi connectivity index (χ1v) is 10.7. The third kappa shape index (κ3) is 4.53. The first-order valence-electron chi connectivity index (χ1n) is 9.84. The van der Waals surface area contributed by atoms with Gasteiger partial charge in [0.2, 0.25) is 0 Å². The predicted molar refractivity (Wildman–Crippen MR) is 113 cm³/mol. The molecule has 1 atom stereocenters. The lowest BCUT2D eigenvalue weighted by Gasteiger charge is -2.09. The molecule has 29 heavy (non-hydrogen) atoms. The molecule has 0 spiro atoms. The average molecular weight is 409 g/mol. The third-order valence-corrected chi connectivity index (χ3v) is 6.11. The van der Waals surface area contributed by atoms with Crippen LogP contribution in [0.4, 0.5) is 0 Å². The number of carbonyl (C=O) groups excluding carboxylic acids is 1. The normalized spacial score (nSPS) is 13.9. The summed E-state index contributed by atoms with van der Waals surface area (Å²) >= 11 is 1.28. The second-order valence-corrected chi connectivity index (χ2v) is 8.77. The van der Waals surface area contributed by atoms with Crippen LogP contribution in [0.2, 0.25) is 0 Å². The number of aromatic nitrogens is 2. The molecule has 3 aromatic rings. The highest BCUT2D eigenvalue weighted by atomic mass is 32.2. The van der Waals surface area contributed by atoms with Gasteiger partial charge < -0.3 is 9.15 Å². The number of hydrogen-bond acceptors (Lipinski definition) is 6. The topological polar surface area (TPSA) is 65.2 Å². The van der Waals surface area contributed by atoms with Crippen molar-refractivity contribution in [3.05, 3.63) is 70.1 Å². The molecule has 1 heterocycles. The summed E-state index contributed by atoms with van der Waals surface area (Å²) in [7, 11) is 0. The number of nitrogens with zero attached hydrogens (tertiary/aromatic N) is 2. The summed E-state index contributed by atoms with van der Waals surface area (Å²) in [5.41, 5.74) is 5.61. The minimum Gasteiger partial charge on any atom is -0.484 e. The van der Waals surface area contributed by atoms with Gasteiger partial charge in [-0.25, -0.2) is 0 Å². The Balaban J connectivity index is 1.37. The van der Waals surface area contributed by atoms with E-state index in [1.165, 1.54) is 29.3 Å². The number of benzene rings is 2. The van der Waals surface area contributed by atoms with Crippen molar-refractivity contribution in [2.75, 3.05) is 0 Å². The summed E-state index contributed by atoms with van der Waals surface area (Å²) in [4.78, 5) is 12.8. The monoisotopic (exact) mass is 408 g/mol. The third-order valence-electron chi connectivity index (χ3n) is 5.17. The second kappa shape index (κ2) is 8.41. The molecule has 1 unspecified atom stereocenters. The number of ketones is 1. The average Bonchev–Trinajstić information content (AvgIpc) is 3.36. The zero-order valence-electron chi connectivity index (χ0n) is 16.9. The maximum absolute atomic E-state index is 12.8. The van der Waals surface area contributed by atoms with Crippen molar-refractivity contribution in [3.8, 4) is 5.75 Å². The summed E-state index contributed by atoms with van der Waals surface area (Å²) in [6.07, 6.45) is 3.35. The number of Topliss-reactive ketones (excluding diaryl/α,β-unsaturated/α-hetero) is 1. The molecule has 0 saturated carbocycles. The van der Waals surface area contributed by atoms with E-state index in [4.69, 9.17) is 9.15 Å². The molecule has 0 bridgehead atoms. The van der Waals surface area contributed by atoms with E-state index in [2.05, 4.69) is 16.3 Å². The number of aryl methyl sites for hydroxylation is 4. The van der Waals surface area contributed by atoms with E-state index in [1.807, 2.05) is 51.1 Å². The fraction of sp³-hybridized carbons (Fsp3) is 0.348. The first-order chi connectivity index (χ1) is 14.0. The number of fused-ring (bicyclic) bond motifs is 1. The van der Waals surface area contributed by atoms with E-state index in [9.17, 15) is 4.79 Å². The Kier molecular flexibility index (Phi) is 5.72. The van der Waals surface area contributed by atoms with Gasteiger partial charge in [0, 0.05) is 5.56 Å². The number of thioether (sulfide) groups is 1. The van der Waals surface area contributed by atoms with Crippen LogP contribution in [0.1, 0.15) is 51.8 Å². The van der Waals surface area contributed by atoms with Crippen molar-refractivity contribution in [2.45, 2.75) is 57.1 Å². The minimum atomic E-state index is -0.303. The van der Waals surface area contributed by atoms with Crippen LogP contribution >= 0.6 is 11.8 Å². The standard InChI is InChI=1S/C23H24N2O3S/c1-14-7-8-15(2)20(11-14)27-13-21-24-25-23(28-21)29-16(3)22(26)19-10-9-17-5-4-6-18(17)12-19/h7-12,16H,4-6,13H2,1-3H3. The Hall–Kier alpha value is -2.60. The molecule has 1 aromatic heterocycles. The van der Waals surface area contributed by atoms with Crippen LogP contribution in [0.5, 0.6) is 5.75 Å². The van der Waals surface area contributed by atoms with Crippen LogP contribution in [-0.4, -0.2) is 21.2 Å². The fourth-order valence-electron chi connectivity index (χ4n) is 3.51. The van der Waals surface area contributed by atoms with Crippen molar-refractivity contribution in [3.63, 3.8) is 0 Å². The van der Waals surface area contributed by atoms with Crippen LogP contribution in [0.25, 0.3) is 0 Å². The number of rotatable bonds is 7. The molecular weight excluding hydrogens is 384 g/mol. The van der Waals surface area contributed by atoms with E-state index < -0.39 is 0 Å². The minimum absolute atomic E-state index is 0.0797. The number of ether oxygens (including phenoxy) is 1. The van der Waals surface area contributed by atoms with Gasteiger partial charge >= 0.3 is 0 Å². The molecule has 0 amide bonds. The van der Waals surface area contributed by atoms with Gasteiger partial charge in [0.05, 0.1) is 5.25 Å². The Labute approximate surface area is 174 Å². The molecule has 0 saturated heterocycles. The molecule has 0 radical (unpaired) electrons. The quantitative estimate of drug-likeness (QED) is 0.399. The Morgan fingerprint density at radius 3 is 2.83 bits per heavy atom. The van der Waals surface area contributed by atoms with Crippen molar-refractivity contribution in [1.82, 2.24) is 10.2 Å². The number of carbonyl (C=O) groups is 1. The Morgan fingerprint density at radius 1 is 1.14 bits per heavy atom. The molecule has 0 fully saturated rings. The molecule has 1 aliphatic carbocycles. The van der Waals surface area contributed by atoms with Crippen LogP contribution in [0.15, 0.2) is 46.0 Å². The van der Waals surface area contributed by atoms with Crippen LogP contribution in [0, 0.1) is 13.8 Å². The lowest BCUT2D eigenvalue weighted by atomic mass is 10.0. The smallest absolute Gasteiger partial charge is 0.277 e. The van der Waals surface area contributed by atoms with Crippen LogP contribution in [0.3, 0.4) is 0 Å². The molecule has 2 aromatic carbocycles. The summed E-state index contributed by atoms with van der Waals surface area (Å²) in [5.74, 6) is 1.28. The molecule has 6 heteroatoms. The zero-order chi connectivity index (χ0) is 20.4. The highest BCUT2D eigenvalue weighted by Gasteiger charge is 2.21. The lowest BCUT2D eigenvalue weighted by molar-refractivity contribution is 0.0993. The van der Waals surface area contributed by atoms with Crippen molar-refractivity contribution in [2.24, 2.45) is 0 Å². The van der Waals surface area contributed by atoms with Gasteiger partial charge in [-0.05, 0) is 74.4 Å². The summed E-state index contributed by atoms with van der Waals surface area (Å²) in [6.45, 7) is 6.09. The molecule has 0 N–H and O–H groups in total. The van der Waals surface area contributed by atoms with E-state index in [-0.39, 0.29) is 17.6 Å². The van der Waals surface area contributed by atoms with Gasteiger partial charge in [-0.15, -0.1) is 10.2 Å². The SMILES string of the molecule is Cc1ccc(C)c(OCc2nnc(SC(C)C(=O)c3ccc4c(c3)CCC4)o2)c1. The van der Waals surface area contributed by atoms with Gasteiger partial charge in [-0.3, -0.25) is 4.79 Å². The largest absolute Gasteiger partial charge is 0.484 e. The highest BCUT2D eigenvalue weighted by Crippen LogP contribution is 2.28. The van der Waals surface area contributed by atoms with Crippen molar-refractivity contribution < 1.29 is 13.9 Å². The maximum Gasteiger partial charge on any atom is 0.277 e. The van der Waals surface area contributed by atoms with Gasteiger partial charge in [0.15, 0.2) is 12.4 Å². The lowest BCUT2D eigenvalue weighted by Crippen LogP contribution is -2.13. The summed E-state index contributed by atoms with van der Waals surface area (Å²) < 4.78 is 11.5. The maximum atomic E-state index is 12.8. The summed E-state index contributed by atoms with van der Waals surface area (Å²) in [5, 5.41) is 8.18. The molecule has 1 aliphatic rings. The van der Waals surface area contributed by atoms with Gasteiger partial charge in [-0.2, -0.15) is 0 Å². The molecular formula is C23H24N2O3S. The van der Waals surface area contributed by atoms with Gasteiger partial charge in [0.25, 0.3) is 11.1 Å². The Bertz CT molecular complexity index is 1040. The van der Waals surface area contributed by atoms with Gasteiger partial charge in [0.1, 0.15) is 5.75 Å². The Morgan fingerprint density at radius 2 is 1.97 bits per heavy atom. The van der Waals surface area contributed by atoms with E-state index >= 15 is 0 Å². The highest BCUT2D eigenvalue weighted by molar-refractivity contribution is 8.00. The van der Waals surface area contributed by atoms with E-state index in [1.54, 1.807) is 0 Å². The van der Waals surface area contributed by atoms with Crippen LogP contribution < -0.4 is 4.74 Å². The molecule has 4 rings (SSSR count). The first kappa shape index (κ1) is 19.7. The van der Waals surface area contributed by atoms with Crippen molar-refractivity contribution in [1.29, 1.82) is 0 Å². The van der Waals surface area contributed by atoms with Crippen LogP contribution in [-0.2, 0) is 19.4 Å². The predicted octanol–water partition coefficient (Wildman–Crippen LogP) is 5.12. The van der Waals surface area contributed by atoms with E-state index in [0.29, 0.717) is 11.1 Å². The second-order valence-electron chi connectivity index (χ2n) is 7.48.